The molecule has 0 radical (unpaired) electrons. The van der Waals surface area contributed by atoms with Crippen LogP contribution >= 0.6 is 17.0 Å². The number of benzene rings is 1. The summed E-state index contributed by atoms with van der Waals surface area (Å²) in [5.41, 5.74) is 5.22. The highest BCUT2D eigenvalue weighted by Gasteiger charge is 2.09. The van der Waals surface area contributed by atoms with Crippen molar-refractivity contribution in [2.75, 3.05) is 0 Å². The van der Waals surface area contributed by atoms with Crippen molar-refractivity contribution in [3.8, 4) is 5.69 Å². The molecule has 1 heterocycles. The predicted octanol–water partition coefficient (Wildman–Crippen LogP) is -0.201. The fourth-order valence-electron chi connectivity index (χ4n) is 2.01. The third-order valence-corrected chi connectivity index (χ3v) is 2.44. The first-order valence-corrected chi connectivity index (χ1v) is 4.81. The number of rotatable bonds is 1. The van der Waals surface area contributed by atoms with Crippen LogP contribution in [0.1, 0.15) is 16.7 Å². The van der Waals surface area contributed by atoms with Gasteiger partial charge in [0.15, 0.2) is 0 Å². The zero-order chi connectivity index (χ0) is 10.1. The van der Waals surface area contributed by atoms with Gasteiger partial charge in [-0.1, -0.05) is 17.7 Å². The number of hydrogen-bond donors (Lipinski definition) is 1. The zero-order valence-electron chi connectivity index (χ0n) is 9.62. The number of aromatic nitrogens is 2. The van der Waals surface area contributed by atoms with Crippen LogP contribution in [-0.4, -0.2) is 4.98 Å². The summed E-state index contributed by atoms with van der Waals surface area (Å²) in [7, 11) is 0. The van der Waals surface area contributed by atoms with Crippen molar-refractivity contribution in [1.29, 1.82) is 0 Å². The first-order chi connectivity index (χ1) is 6.68. The Kier molecular flexibility index (Phi) is 5.97. The van der Waals surface area contributed by atoms with Crippen LogP contribution in [0.15, 0.2) is 30.9 Å². The molecule has 88 valence electrons. The Morgan fingerprint density at radius 1 is 1.06 bits per heavy atom. The molecule has 0 atom stereocenters. The Morgan fingerprint density at radius 2 is 1.62 bits per heavy atom. The summed E-state index contributed by atoms with van der Waals surface area (Å²) in [4.78, 5) is 3.06. The first-order valence-electron chi connectivity index (χ1n) is 4.81. The molecule has 0 saturated carbocycles. The zero-order valence-corrected chi connectivity index (χ0v) is 12.9. The lowest BCUT2D eigenvalue weighted by Gasteiger charge is -2.06. The van der Waals surface area contributed by atoms with E-state index in [1.165, 1.54) is 22.4 Å². The summed E-state index contributed by atoms with van der Waals surface area (Å²) in [6.07, 6.45) is 5.92. The van der Waals surface area contributed by atoms with Gasteiger partial charge in [0.1, 0.15) is 18.1 Å². The van der Waals surface area contributed by atoms with Crippen LogP contribution in [0.3, 0.4) is 0 Å². The lowest BCUT2D eigenvalue weighted by molar-refractivity contribution is -0.595. The topological polar surface area (TPSA) is 19.7 Å². The Bertz CT molecular complexity index is 427. The average molecular weight is 348 g/mol. The summed E-state index contributed by atoms with van der Waals surface area (Å²) in [5.74, 6) is 0. The van der Waals surface area contributed by atoms with E-state index < -0.39 is 0 Å². The minimum absolute atomic E-state index is 0. The van der Waals surface area contributed by atoms with Crippen LogP contribution < -0.4 is 21.5 Å². The number of halogens is 2. The van der Waals surface area contributed by atoms with Gasteiger partial charge in [0.25, 0.3) is 0 Å². The Labute approximate surface area is 117 Å². The van der Waals surface area contributed by atoms with E-state index in [9.17, 15) is 0 Å². The average Bonchev–Trinajstić information content (AvgIpc) is 2.54. The fraction of sp³-hybridized carbons (Fsp3) is 0.250. The number of nitrogens with one attached hydrogen (secondary N) is 1. The number of aryl methyl sites for hydroxylation is 3. The van der Waals surface area contributed by atoms with Crippen molar-refractivity contribution < 1.29 is 21.5 Å². The van der Waals surface area contributed by atoms with Crippen molar-refractivity contribution >= 4 is 17.0 Å². The van der Waals surface area contributed by atoms with Gasteiger partial charge in [0.2, 0.25) is 6.33 Å². The maximum atomic E-state index is 3.06. The monoisotopic (exact) mass is 346 g/mol. The van der Waals surface area contributed by atoms with Gasteiger partial charge in [-0.15, -0.1) is 17.0 Å². The Morgan fingerprint density at radius 3 is 2.06 bits per heavy atom. The van der Waals surface area contributed by atoms with Crippen molar-refractivity contribution in [2.45, 2.75) is 20.8 Å². The predicted molar refractivity (Wildman–Crippen MR) is 66.9 cm³/mol. The molecule has 0 amide bonds. The maximum absolute atomic E-state index is 3.06. The summed E-state index contributed by atoms with van der Waals surface area (Å²) < 4.78 is 2.12. The number of hydrogen-bond acceptors (Lipinski definition) is 0. The van der Waals surface area contributed by atoms with Gasteiger partial charge < -0.3 is 17.0 Å². The molecule has 0 aliphatic rings. The molecule has 4 heteroatoms. The second kappa shape index (κ2) is 6.21. The largest absolute Gasteiger partial charge is 1.00 e. The quantitative estimate of drug-likeness (QED) is 0.689. The minimum Gasteiger partial charge on any atom is -1.00 e. The number of H-pyrrole nitrogens is 1. The highest BCUT2D eigenvalue weighted by atomic mass is 79.9. The van der Waals surface area contributed by atoms with Gasteiger partial charge in [0, 0.05) is 0 Å². The van der Waals surface area contributed by atoms with Crippen LogP contribution in [0, 0.1) is 20.8 Å². The van der Waals surface area contributed by atoms with Gasteiger partial charge in [-0.3, -0.25) is 0 Å². The summed E-state index contributed by atoms with van der Waals surface area (Å²) in [5, 5.41) is 0. The van der Waals surface area contributed by atoms with E-state index in [2.05, 4.69) is 42.5 Å². The fourth-order valence-corrected chi connectivity index (χ4v) is 2.01. The highest BCUT2D eigenvalue weighted by Crippen LogP contribution is 2.15. The third-order valence-electron chi connectivity index (χ3n) is 2.44. The van der Waals surface area contributed by atoms with E-state index >= 15 is 0 Å². The molecular weight excluding hydrogens is 332 g/mol. The molecule has 0 aliphatic heterocycles. The molecule has 1 aromatic heterocycles. The first kappa shape index (κ1) is 15.4. The van der Waals surface area contributed by atoms with E-state index in [-0.39, 0.29) is 34.0 Å². The number of aromatic amines is 1. The van der Waals surface area contributed by atoms with Crippen molar-refractivity contribution in [3.05, 3.63) is 47.5 Å². The van der Waals surface area contributed by atoms with E-state index in [1.807, 2.05) is 18.7 Å². The second-order valence-electron chi connectivity index (χ2n) is 3.77. The lowest BCUT2D eigenvalue weighted by Crippen LogP contribution is -3.00. The Hall–Kier alpha value is -0.610. The normalized spacial score (nSPS) is 9.19. The third kappa shape index (κ3) is 2.95. The summed E-state index contributed by atoms with van der Waals surface area (Å²) >= 11 is 0. The van der Waals surface area contributed by atoms with E-state index in [4.69, 9.17) is 0 Å². The SMILES string of the molecule is Br.Cc1cc(C)c(-[n+]2cc[nH]c2)c(C)c1.[Br-]. The second-order valence-corrected chi connectivity index (χ2v) is 3.77. The molecule has 2 nitrogen and oxygen atoms in total. The number of imidazole rings is 1. The van der Waals surface area contributed by atoms with Crippen LogP contribution in [0.2, 0.25) is 0 Å². The highest BCUT2D eigenvalue weighted by molar-refractivity contribution is 8.93. The molecule has 1 aromatic carbocycles. The molecule has 0 saturated heterocycles. The van der Waals surface area contributed by atoms with Gasteiger partial charge in [0.05, 0.1) is 0 Å². The number of nitrogens with zero attached hydrogens (tertiary/aromatic N) is 1. The molecule has 0 bridgehead atoms. The molecular formula is C12H16Br2N2. The lowest BCUT2D eigenvalue weighted by atomic mass is 10.1. The summed E-state index contributed by atoms with van der Waals surface area (Å²) in [6, 6.07) is 4.42. The summed E-state index contributed by atoms with van der Waals surface area (Å²) in [6.45, 7) is 6.43. The van der Waals surface area contributed by atoms with E-state index in [1.54, 1.807) is 0 Å². The van der Waals surface area contributed by atoms with Gasteiger partial charge in [-0.2, -0.15) is 0 Å². The van der Waals surface area contributed by atoms with E-state index in [0.717, 1.165) is 0 Å². The van der Waals surface area contributed by atoms with Crippen LogP contribution in [-0.2, 0) is 0 Å². The molecule has 1 N–H and O–H groups in total. The Balaban J connectivity index is 0.00000112. The smallest absolute Gasteiger partial charge is 0.246 e. The minimum atomic E-state index is 0. The van der Waals surface area contributed by atoms with Crippen LogP contribution in [0.25, 0.3) is 5.69 Å². The van der Waals surface area contributed by atoms with Crippen LogP contribution in [0.5, 0.6) is 0 Å². The van der Waals surface area contributed by atoms with Crippen molar-refractivity contribution in [1.82, 2.24) is 4.98 Å². The molecule has 2 rings (SSSR count). The van der Waals surface area contributed by atoms with Gasteiger partial charge >= 0.3 is 0 Å². The van der Waals surface area contributed by atoms with Gasteiger partial charge in [-0.05, 0) is 31.9 Å². The molecule has 0 aliphatic carbocycles. The van der Waals surface area contributed by atoms with Crippen molar-refractivity contribution in [2.24, 2.45) is 0 Å². The van der Waals surface area contributed by atoms with Crippen LogP contribution in [0.4, 0.5) is 0 Å². The molecule has 16 heavy (non-hydrogen) atoms. The maximum Gasteiger partial charge on any atom is 0.246 e. The molecule has 0 fully saturated rings. The van der Waals surface area contributed by atoms with E-state index in [0.29, 0.717) is 0 Å². The molecule has 2 aromatic rings. The molecule has 0 spiro atoms. The van der Waals surface area contributed by atoms with Crippen molar-refractivity contribution in [3.63, 3.8) is 0 Å². The van der Waals surface area contributed by atoms with Gasteiger partial charge in [-0.25, -0.2) is 9.55 Å². The standard InChI is InChI=1S/C12H14N2.2BrH/c1-9-6-10(2)12(11(3)7-9)14-5-4-13-8-14;;/h4-8H,1-3H3;2*1H. The molecule has 0 unspecified atom stereocenters.